The molecule has 1 heterocycles. The molecule has 0 radical (unpaired) electrons. The third kappa shape index (κ3) is 3.06. The Morgan fingerprint density at radius 1 is 1.31 bits per heavy atom. The molecule has 1 N–H and O–H groups in total. The van der Waals surface area contributed by atoms with Crippen molar-refractivity contribution in [3.8, 4) is 0 Å². The van der Waals surface area contributed by atoms with Crippen LogP contribution in [0.15, 0.2) is 30.3 Å². The molecular formula is C14H20O2. The SMILES string of the molecule is CC1CCC(CCC(O)c2ccccc2)O1. The van der Waals surface area contributed by atoms with E-state index >= 15 is 0 Å². The minimum absolute atomic E-state index is 0.347. The summed E-state index contributed by atoms with van der Waals surface area (Å²) in [4.78, 5) is 0. The van der Waals surface area contributed by atoms with Crippen molar-refractivity contribution in [2.75, 3.05) is 0 Å². The van der Waals surface area contributed by atoms with Crippen LogP contribution >= 0.6 is 0 Å². The van der Waals surface area contributed by atoms with Crippen LogP contribution in [0.25, 0.3) is 0 Å². The van der Waals surface area contributed by atoms with E-state index < -0.39 is 0 Å². The fourth-order valence-electron chi connectivity index (χ4n) is 2.28. The molecule has 1 aliphatic heterocycles. The van der Waals surface area contributed by atoms with Crippen molar-refractivity contribution in [1.29, 1.82) is 0 Å². The van der Waals surface area contributed by atoms with E-state index in [1.54, 1.807) is 0 Å². The van der Waals surface area contributed by atoms with E-state index in [0.717, 1.165) is 31.2 Å². The first-order chi connectivity index (χ1) is 7.75. The van der Waals surface area contributed by atoms with Crippen molar-refractivity contribution < 1.29 is 9.84 Å². The Labute approximate surface area is 97.3 Å². The molecule has 3 unspecified atom stereocenters. The molecule has 2 rings (SSSR count). The molecule has 2 heteroatoms. The summed E-state index contributed by atoms with van der Waals surface area (Å²) < 4.78 is 5.74. The van der Waals surface area contributed by atoms with Crippen LogP contribution in [0.2, 0.25) is 0 Å². The van der Waals surface area contributed by atoms with Crippen molar-refractivity contribution in [3.63, 3.8) is 0 Å². The van der Waals surface area contributed by atoms with Gasteiger partial charge in [-0.05, 0) is 38.2 Å². The predicted molar refractivity (Wildman–Crippen MR) is 64.2 cm³/mol. The summed E-state index contributed by atoms with van der Waals surface area (Å²) in [5.41, 5.74) is 1.01. The average molecular weight is 220 g/mol. The molecule has 1 aromatic carbocycles. The van der Waals surface area contributed by atoms with Gasteiger partial charge in [0.05, 0.1) is 18.3 Å². The van der Waals surface area contributed by atoms with Crippen LogP contribution in [0.3, 0.4) is 0 Å². The van der Waals surface area contributed by atoms with Crippen LogP contribution < -0.4 is 0 Å². The Morgan fingerprint density at radius 3 is 2.69 bits per heavy atom. The molecule has 0 aromatic heterocycles. The van der Waals surface area contributed by atoms with E-state index in [2.05, 4.69) is 6.92 Å². The molecular weight excluding hydrogens is 200 g/mol. The van der Waals surface area contributed by atoms with Crippen LogP contribution in [-0.4, -0.2) is 17.3 Å². The molecule has 0 saturated carbocycles. The Balaban J connectivity index is 1.78. The number of hydrogen-bond acceptors (Lipinski definition) is 2. The molecule has 0 spiro atoms. The van der Waals surface area contributed by atoms with E-state index in [1.165, 1.54) is 0 Å². The minimum atomic E-state index is -0.347. The van der Waals surface area contributed by atoms with Gasteiger partial charge in [0.2, 0.25) is 0 Å². The quantitative estimate of drug-likeness (QED) is 0.845. The Hall–Kier alpha value is -0.860. The van der Waals surface area contributed by atoms with Crippen LogP contribution in [0.4, 0.5) is 0 Å². The number of ether oxygens (including phenoxy) is 1. The zero-order valence-electron chi connectivity index (χ0n) is 9.80. The summed E-state index contributed by atoms with van der Waals surface area (Å²) >= 11 is 0. The lowest BCUT2D eigenvalue weighted by atomic mass is 10.0. The predicted octanol–water partition coefficient (Wildman–Crippen LogP) is 3.07. The first kappa shape index (κ1) is 11.6. The van der Waals surface area contributed by atoms with Crippen LogP contribution in [0.5, 0.6) is 0 Å². The zero-order chi connectivity index (χ0) is 11.4. The minimum Gasteiger partial charge on any atom is -0.388 e. The second-order valence-electron chi connectivity index (χ2n) is 4.65. The third-order valence-electron chi connectivity index (χ3n) is 3.27. The normalized spacial score (nSPS) is 26.9. The standard InChI is InChI=1S/C14H20O2/c1-11-7-8-13(16-11)9-10-14(15)12-5-3-2-4-6-12/h2-6,11,13-15H,7-10H2,1H3. The fourth-order valence-corrected chi connectivity index (χ4v) is 2.28. The monoisotopic (exact) mass is 220 g/mol. The lowest BCUT2D eigenvalue weighted by Gasteiger charge is -2.14. The molecule has 3 atom stereocenters. The van der Waals surface area contributed by atoms with Gasteiger partial charge >= 0.3 is 0 Å². The fraction of sp³-hybridized carbons (Fsp3) is 0.571. The molecule has 2 nitrogen and oxygen atoms in total. The third-order valence-corrected chi connectivity index (χ3v) is 3.27. The number of rotatable bonds is 4. The maximum atomic E-state index is 9.99. The molecule has 1 aliphatic rings. The Bertz CT molecular complexity index is 310. The van der Waals surface area contributed by atoms with E-state index in [9.17, 15) is 5.11 Å². The van der Waals surface area contributed by atoms with Gasteiger partial charge in [-0.1, -0.05) is 30.3 Å². The molecule has 88 valence electrons. The number of aliphatic hydroxyl groups excluding tert-OH is 1. The van der Waals surface area contributed by atoms with Gasteiger partial charge in [-0.3, -0.25) is 0 Å². The summed E-state index contributed by atoms with van der Waals surface area (Å²) in [6, 6.07) is 9.85. The van der Waals surface area contributed by atoms with Gasteiger partial charge in [0, 0.05) is 0 Å². The molecule has 1 saturated heterocycles. The number of aliphatic hydroxyl groups is 1. The lowest BCUT2D eigenvalue weighted by Crippen LogP contribution is -2.10. The van der Waals surface area contributed by atoms with Crippen molar-refractivity contribution in [2.45, 2.75) is 50.9 Å². The highest BCUT2D eigenvalue weighted by atomic mass is 16.5. The summed E-state index contributed by atoms with van der Waals surface area (Å²) in [6.07, 6.45) is 4.46. The highest BCUT2D eigenvalue weighted by Crippen LogP contribution is 2.26. The highest BCUT2D eigenvalue weighted by molar-refractivity contribution is 5.17. The van der Waals surface area contributed by atoms with E-state index in [0.29, 0.717) is 12.2 Å². The molecule has 1 aromatic rings. The van der Waals surface area contributed by atoms with Gasteiger partial charge in [-0.15, -0.1) is 0 Å². The lowest BCUT2D eigenvalue weighted by molar-refractivity contribution is 0.0393. The van der Waals surface area contributed by atoms with Gasteiger partial charge < -0.3 is 9.84 Å². The maximum Gasteiger partial charge on any atom is 0.0791 e. The first-order valence-corrected chi connectivity index (χ1v) is 6.14. The summed E-state index contributed by atoms with van der Waals surface area (Å²) in [7, 11) is 0. The number of benzene rings is 1. The van der Waals surface area contributed by atoms with Crippen LogP contribution in [0.1, 0.15) is 44.3 Å². The van der Waals surface area contributed by atoms with Crippen molar-refractivity contribution in [3.05, 3.63) is 35.9 Å². The largest absolute Gasteiger partial charge is 0.388 e. The zero-order valence-corrected chi connectivity index (χ0v) is 9.80. The molecule has 0 aliphatic carbocycles. The van der Waals surface area contributed by atoms with Crippen LogP contribution in [0, 0.1) is 0 Å². The highest BCUT2D eigenvalue weighted by Gasteiger charge is 2.22. The Kier molecular flexibility index (Phi) is 3.97. The molecule has 16 heavy (non-hydrogen) atoms. The summed E-state index contributed by atoms with van der Waals surface area (Å²) in [5.74, 6) is 0. The van der Waals surface area contributed by atoms with Gasteiger partial charge in [-0.25, -0.2) is 0 Å². The average Bonchev–Trinajstić information content (AvgIpc) is 2.73. The second-order valence-corrected chi connectivity index (χ2v) is 4.65. The van der Waals surface area contributed by atoms with Gasteiger partial charge in [0.25, 0.3) is 0 Å². The summed E-state index contributed by atoms with van der Waals surface area (Å²) in [5, 5.41) is 9.99. The van der Waals surface area contributed by atoms with Crippen molar-refractivity contribution in [2.24, 2.45) is 0 Å². The molecule has 1 fully saturated rings. The van der Waals surface area contributed by atoms with E-state index in [4.69, 9.17) is 4.74 Å². The molecule has 0 amide bonds. The van der Waals surface area contributed by atoms with Crippen molar-refractivity contribution >= 4 is 0 Å². The van der Waals surface area contributed by atoms with Gasteiger partial charge in [-0.2, -0.15) is 0 Å². The second kappa shape index (κ2) is 5.46. The van der Waals surface area contributed by atoms with Crippen molar-refractivity contribution in [1.82, 2.24) is 0 Å². The van der Waals surface area contributed by atoms with Gasteiger partial charge in [0.15, 0.2) is 0 Å². The van der Waals surface area contributed by atoms with Gasteiger partial charge in [0.1, 0.15) is 0 Å². The summed E-state index contributed by atoms with van der Waals surface area (Å²) in [6.45, 7) is 2.12. The van der Waals surface area contributed by atoms with E-state index in [1.807, 2.05) is 30.3 Å². The maximum absolute atomic E-state index is 9.99. The topological polar surface area (TPSA) is 29.5 Å². The number of hydrogen-bond donors (Lipinski definition) is 1. The Morgan fingerprint density at radius 2 is 2.06 bits per heavy atom. The van der Waals surface area contributed by atoms with Crippen LogP contribution in [-0.2, 0) is 4.74 Å². The van der Waals surface area contributed by atoms with E-state index in [-0.39, 0.29) is 6.10 Å². The molecule has 0 bridgehead atoms. The smallest absolute Gasteiger partial charge is 0.0791 e. The first-order valence-electron chi connectivity index (χ1n) is 6.14.